The first-order chi connectivity index (χ1) is 10.7. The van der Waals surface area contributed by atoms with Crippen molar-refractivity contribution in [3.05, 3.63) is 51.5 Å². The Kier molecular flexibility index (Phi) is 5.92. The van der Waals surface area contributed by atoms with Crippen molar-refractivity contribution in [1.29, 1.82) is 5.26 Å². The number of rotatable bonds is 5. The van der Waals surface area contributed by atoms with Gasteiger partial charge in [-0.3, -0.25) is 0 Å². The summed E-state index contributed by atoms with van der Waals surface area (Å²) in [5, 5.41) is 16.4. The van der Waals surface area contributed by atoms with Gasteiger partial charge in [0.1, 0.15) is 5.01 Å². The smallest absolute Gasteiger partial charge is 0.191 e. The lowest BCUT2D eigenvalue weighted by molar-refractivity contribution is 0.811. The van der Waals surface area contributed by atoms with Gasteiger partial charge in [0.05, 0.1) is 24.7 Å². The van der Waals surface area contributed by atoms with Crippen LogP contribution in [0.4, 0.5) is 0 Å². The Hall–Kier alpha value is -2.39. The van der Waals surface area contributed by atoms with E-state index in [0.29, 0.717) is 18.7 Å². The molecule has 0 saturated carbocycles. The second kappa shape index (κ2) is 8.15. The Morgan fingerprint density at radius 2 is 2.27 bits per heavy atom. The third-order valence-corrected chi connectivity index (χ3v) is 3.81. The lowest BCUT2D eigenvalue weighted by atomic mass is 10.1. The maximum atomic E-state index is 8.92. The van der Waals surface area contributed by atoms with Crippen LogP contribution in [-0.2, 0) is 13.1 Å². The molecular weight excluding hydrogens is 294 g/mol. The molecule has 0 saturated heterocycles. The first kappa shape index (κ1) is 16.0. The van der Waals surface area contributed by atoms with Crippen LogP contribution >= 0.6 is 11.3 Å². The number of hydrogen-bond acceptors (Lipinski definition) is 4. The molecule has 0 bridgehead atoms. The molecule has 0 radical (unpaired) electrons. The number of benzene rings is 1. The van der Waals surface area contributed by atoms with E-state index < -0.39 is 0 Å². The Labute approximate surface area is 134 Å². The van der Waals surface area contributed by atoms with E-state index in [2.05, 4.69) is 26.7 Å². The molecule has 5 nitrogen and oxygen atoms in total. The summed E-state index contributed by atoms with van der Waals surface area (Å²) in [5.74, 6) is 0.748. The minimum Gasteiger partial charge on any atom is -0.357 e. The predicted octanol–water partition coefficient (Wildman–Crippen LogP) is 2.58. The van der Waals surface area contributed by atoms with E-state index in [0.717, 1.165) is 23.1 Å². The zero-order chi connectivity index (χ0) is 15.8. The molecule has 2 aromatic rings. The van der Waals surface area contributed by atoms with Gasteiger partial charge in [-0.1, -0.05) is 12.1 Å². The first-order valence-electron chi connectivity index (χ1n) is 7.13. The molecule has 0 spiro atoms. The molecule has 0 aliphatic heterocycles. The van der Waals surface area contributed by atoms with E-state index in [9.17, 15) is 0 Å². The van der Waals surface area contributed by atoms with E-state index in [4.69, 9.17) is 5.26 Å². The van der Waals surface area contributed by atoms with Gasteiger partial charge >= 0.3 is 0 Å². The molecule has 1 aromatic heterocycles. The number of thiazole rings is 1. The summed E-state index contributed by atoms with van der Waals surface area (Å²) in [5.41, 5.74) is 1.67. The van der Waals surface area contributed by atoms with Crippen LogP contribution in [0.2, 0.25) is 0 Å². The molecule has 2 rings (SSSR count). The molecular formula is C16H19N5S. The van der Waals surface area contributed by atoms with E-state index in [-0.39, 0.29) is 0 Å². The fourth-order valence-electron chi connectivity index (χ4n) is 1.89. The largest absolute Gasteiger partial charge is 0.357 e. The highest BCUT2D eigenvalue weighted by atomic mass is 32.1. The maximum absolute atomic E-state index is 8.92. The molecule has 2 N–H and O–H groups in total. The normalized spacial score (nSPS) is 11.0. The Morgan fingerprint density at radius 1 is 1.41 bits per heavy atom. The highest BCUT2D eigenvalue weighted by Gasteiger charge is 2.02. The fraction of sp³-hybridized carbons (Fsp3) is 0.312. The van der Waals surface area contributed by atoms with Gasteiger partial charge in [0.2, 0.25) is 0 Å². The molecule has 0 atom stereocenters. The highest BCUT2D eigenvalue weighted by Crippen LogP contribution is 2.10. The van der Waals surface area contributed by atoms with Gasteiger partial charge in [-0.25, -0.2) is 9.98 Å². The van der Waals surface area contributed by atoms with Crippen LogP contribution in [0.15, 0.2) is 35.5 Å². The molecule has 22 heavy (non-hydrogen) atoms. The van der Waals surface area contributed by atoms with E-state index >= 15 is 0 Å². The van der Waals surface area contributed by atoms with E-state index in [1.54, 1.807) is 17.4 Å². The third-order valence-electron chi connectivity index (χ3n) is 2.90. The summed E-state index contributed by atoms with van der Waals surface area (Å²) >= 11 is 1.67. The quantitative estimate of drug-likeness (QED) is 0.657. The van der Waals surface area contributed by atoms with Gasteiger partial charge in [-0.2, -0.15) is 5.26 Å². The summed E-state index contributed by atoms with van der Waals surface area (Å²) < 4.78 is 0. The fourth-order valence-corrected chi connectivity index (χ4v) is 2.62. The number of nitrogens with one attached hydrogen (secondary N) is 2. The van der Waals surface area contributed by atoms with Gasteiger partial charge in [0.15, 0.2) is 5.96 Å². The molecule has 0 aliphatic rings. The molecule has 0 aliphatic carbocycles. The van der Waals surface area contributed by atoms with Crippen molar-refractivity contribution in [1.82, 2.24) is 15.6 Å². The van der Waals surface area contributed by atoms with Crippen LogP contribution in [-0.4, -0.2) is 17.5 Å². The molecule has 0 fully saturated rings. The van der Waals surface area contributed by atoms with Crippen molar-refractivity contribution in [3.8, 4) is 6.07 Å². The number of aromatic nitrogens is 1. The Morgan fingerprint density at radius 3 is 2.95 bits per heavy atom. The SMILES string of the molecule is CCNC(=NCc1cccc(C#N)c1)NCc1ncc(C)s1. The molecule has 0 amide bonds. The average molecular weight is 313 g/mol. The number of hydrogen-bond donors (Lipinski definition) is 2. The van der Waals surface area contributed by atoms with Crippen molar-refractivity contribution in [2.75, 3.05) is 6.54 Å². The van der Waals surface area contributed by atoms with Crippen LogP contribution in [0, 0.1) is 18.3 Å². The number of guanidine groups is 1. The van der Waals surface area contributed by atoms with Crippen LogP contribution in [0.5, 0.6) is 0 Å². The summed E-state index contributed by atoms with van der Waals surface area (Å²) in [4.78, 5) is 10.1. The minimum absolute atomic E-state index is 0.530. The molecule has 0 unspecified atom stereocenters. The van der Waals surface area contributed by atoms with Gasteiger partial charge in [-0.05, 0) is 31.5 Å². The van der Waals surface area contributed by atoms with E-state index in [1.165, 1.54) is 4.88 Å². The summed E-state index contributed by atoms with van der Waals surface area (Å²) in [6, 6.07) is 9.64. The van der Waals surface area contributed by atoms with Gasteiger partial charge in [0, 0.05) is 17.6 Å². The van der Waals surface area contributed by atoms with Crippen molar-refractivity contribution in [2.45, 2.75) is 26.9 Å². The van der Waals surface area contributed by atoms with Gasteiger partial charge in [-0.15, -0.1) is 11.3 Å². The first-order valence-corrected chi connectivity index (χ1v) is 7.95. The summed E-state index contributed by atoms with van der Waals surface area (Å²) in [6.07, 6.45) is 1.87. The Balaban J connectivity index is 1.98. The van der Waals surface area contributed by atoms with Crippen molar-refractivity contribution in [2.24, 2.45) is 4.99 Å². The highest BCUT2D eigenvalue weighted by molar-refractivity contribution is 7.11. The molecule has 1 heterocycles. The number of nitrogens with zero attached hydrogens (tertiary/aromatic N) is 3. The molecule has 114 valence electrons. The lowest BCUT2D eigenvalue weighted by Crippen LogP contribution is -2.36. The monoisotopic (exact) mass is 313 g/mol. The van der Waals surface area contributed by atoms with Crippen molar-refractivity contribution >= 4 is 17.3 Å². The number of aliphatic imine (C=N–C) groups is 1. The van der Waals surface area contributed by atoms with Gasteiger partial charge in [0.25, 0.3) is 0 Å². The van der Waals surface area contributed by atoms with Crippen LogP contribution in [0.25, 0.3) is 0 Å². The zero-order valence-electron chi connectivity index (χ0n) is 12.8. The zero-order valence-corrected chi connectivity index (χ0v) is 13.6. The lowest BCUT2D eigenvalue weighted by Gasteiger charge is -2.10. The van der Waals surface area contributed by atoms with E-state index in [1.807, 2.05) is 38.2 Å². The number of aryl methyl sites for hydroxylation is 1. The third kappa shape index (κ3) is 4.86. The topological polar surface area (TPSA) is 73.1 Å². The van der Waals surface area contributed by atoms with Crippen LogP contribution < -0.4 is 10.6 Å². The molecule has 1 aromatic carbocycles. The summed E-state index contributed by atoms with van der Waals surface area (Å²) in [6.45, 7) is 6.05. The average Bonchev–Trinajstić information content (AvgIpc) is 2.96. The predicted molar refractivity (Wildman–Crippen MR) is 89.7 cm³/mol. The van der Waals surface area contributed by atoms with Crippen molar-refractivity contribution in [3.63, 3.8) is 0 Å². The van der Waals surface area contributed by atoms with Crippen molar-refractivity contribution < 1.29 is 0 Å². The number of nitriles is 1. The second-order valence-electron chi connectivity index (χ2n) is 4.73. The minimum atomic E-state index is 0.530. The summed E-state index contributed by atoms with van der Waals surface area (Å²) in [7, 11) is 0. The second-order valence-corrected chi connectivity index (χ2v) is 6.04. The Bertz CT molecular complexity index is 684. The molecule has 6 heteroatoms. The maximum Gasteiger partial charge on any atom is 0.191 e. The van der Waals surface area contributed by atoms with Gasteiger partial charge < -0.3 is 10.6 Å². The standard InChI is InChI=1S/C16H19N5S/c1-3-18-16(21-11-15-19-9-12(2)22-15)20-10-14-6-4-5-13(7-14)8-17/h4-7,9H,3,10-11H2,1-2H3,(H2,18,20,21). The van der Waals surface area contributed by atoms with Crippen LogP contribution in [0.3, 0.4) is 0 Å². The van der Waals surface area contributed by atoms with Crippen LogP contribution in [0.1, 0.15) is 27.9 Å².